The van der Waals surface area contributed by atoms with E-state index in [2.05, 4.69) is 29.0 Å². The second kappa shape index (κ2) is 13.6. The number of piperidine rings is 1. The van der Waals surface area contributed by atoms with Crippen LogP contribution in [0.4, 0.5) is 26.3 Å². The van der Waals surface area contributed by atoms with Crippen LogP contribution in [0.5, 0.6) is 0 Å². The molecule has 3 fully saturated rings. The molecule has 248 valence electrons. The third-order valence-corrected chi connectivity index (χ3v) is 8.24. The lowest BCUT2D eigenvalue weighted by Crippen LogP contribution is -2.53. The third-order valence-electron chi connectivity index (χ3n) is 8.24. The van der Waals surface area contributed by atoms with Gasteiger partial charge in [-0.15, -0.1) is 0 Å². The highest BCUT2D eigenvalue weighted by Gasteiger charge is 2.63. The van der Waals surface area contributed by atoms with Gasteiger partial charge in [-0.1, -0.05) is 38.1 Å². The standard InChI is InChI=1S/C25H32N4O2.2C2HF3O2/c1-18(2)15-28-16-24(25(17-28)9-12-26-23(25)31)10-13-29(14-11-24)22(30)21-8-7-19-5-3-4-6-20(19)27-21;2*3-2(4,5)1(6)7/h3-8,18H,9-17H2,1-2H3,(H,26,31);2*(H,6,7). The molecule has 2 aromatic rings. The summed E-state index contributed by atoms with van der Waals surface area (Å²) in [7, 11) is 0. The molecule has 1 aromatic heterocycles. The molecule has 3 aliphatic heterocycles. The van der Waals surface area contributed by atoms with Crippen molar-refractivity contribution in [2.24, 2.45) is 16.7 Å². The van der Waals surface area contributed by atoms with Crippen LogP contribution < -0.4 is 5.32 Å². The van der Waals surface area contributed by atoms with E-state index >= 15 is 0 Å². The van der Waals surface area contributed by atoms with Gasteiger partial charge in [0.25, 0.3) is 5.91 Å². The number of rotatable bonds is 3. The van der Waals surface area contributed by atoms with Crippen molar-refractivity contribution in [1.29, 1.82) is 0 Å². The van der Waals surface area contributed by atoms with Crippen LogP contribution >= 0.6 is 0 Å². The number of fused-ring (bicyclic) bond motifs is 2. The first-order valence-electron chi connectivity index (χ1n) is 14.1. The van der Waals surface area contributed by atoms with E-state index in [0.717, 1.165) is 56.3 Å². The molecule has 2 spiro atoms. The lowest BCUT2D eigenvalue weighted by Gasteiger charge is -2.46. The summed E-state index contributed by atoms with van der Waals surface area (Å²) in [6.45, 7) is 9.50. The molecule has 10 nitrogen and oxygen atoms in total. The Labute approximate surface area is 254 Å². The summed E-state index contributed by atoms with van der Waals surface area (Å²) in [5, 5.41) is 18.4. The fourth-order valence-corrected chi connectivity index (χ4v) is 6.28. The number of carboxylic acids is 2. The highest BCUT2D eigenvalue weighted by Crippen LogP contribution is 2.56. The smallest absolute Gasteiger partial charge is 0.475 e. The molecule has 0 bridgehead atoms. The predicted molar refractivity (Wildman–Crippen MR) is 148 cm³/mol. The van der Waals surface area contributed by atoms with E-state index in [0.29, 0.717) is 24.7 Å². The van der Waals surface area contributed by atoms with Crippen molar-refractivity contribution in [2.45, 2.75) is 45.5 Å². The second-order valence-electron chi connectivity index (χ2n) is 11.7. The number of hydrogen-bond acceptors (Lipinski definition) is 6. The summed E-state index contributed by atoms with van der Waals surface area (Å²) in [6.07, 6.45) is -7.48. The first kappa shape index (κ1) is 35.5. The van der Waals surface area contributed by atoms with Gasteiger partial charge in [0.2, 0.25) is 5.91 Å². The first-order valence-corrected chi connectivity index (χ1v) is 14.1. The third kappa shape index (κ3) is 8.21. The van der Waals surface area contributed by atoms with Crippen LogP contribution in [-0.4, -0.2) is 100 Å². The van der Waals surface area contributed by atoms with Crippen molar-refractivity contribution in [1.82, 2.24) is 20.1 Å². The molecular formula is C29H34F6N4O6. The zero-order valence-electron chi connectivity index (χ0n) is 24.5. The van der Waals surface area contributed by atoms with Crippen LogP contribution in [0.15, 0.2) is 36.4 Å². The maximum atomic E-state index is 13.2. The maximum absolute atomic E-state index is 13.2. The number of hydrogen-bond donors (Lipinski definition) is 3. The molecule has 3 saturated heterocycles. The highest BCUT2D eigenvalue weighted by atomic mass is 19.4. The number of pyridine rings is 1. The van der Waals surface area contributed by atoms with E-state index in [1.54, 1.807) is 0 Å². The number of aliphatic carboxylic acids is 2. The van der Waals surface area contributed by atoms with Gasteiger partial charge in [-0.05, 0) is 37.3 Å². The average Bonchev–Trinajstić information content (AvgIpc) is 3.46. The minimum Gasteiger partial charge on any atom is -0.475 e. The van der Waals surface area contributed by atoms with Crippen molar-refractivity contribution < 1.29 is 55.7 Å². The van der Waals surface area contributed by atoms with Gasteiger partial charge in [0, 0.05) is 50.1 Å². The van der Waals surface area contributed by atoms with E-state index in [1.165, 1.54) is 0 Å². The van der Waals surface area contributed by atoms with Crippen LogP contribution in [0.3, 0.4) is 0 Å². The number of aromatic nitrogens is 1. The Kier molecular flexibility index (Phi) is 10.7. The Morgan fingerprint density at radius 1 is 0.911 bits per heavy atom. The summed E-state index contributed by atoms with van der Waals surface area (Å²) in [4.78, 5) is 53.1. The lowest BCUT2D eigenvalue weighted by atomic mass is 9.60. The number of nitrogens with one attached hydrogen (secondary N) is 1. The Hall–Kier alpha value is -3.95. The fraction of sp³-hybridized carbons (Fsp3) is 0.552. The Balaban J connectivity index is 0.000000331. The number of carbonyl (C=O) groups excluding carboxylic acids is 2. The average molecular weight is 649 g/mol. The van der Waals surface area contributed by atoms with Crippen LogP contribution in [0.1, 0.15) is 43.6 Å². The summed E-state index contributed by atoms with van der Waals surface area (Å²) in [5.41, 5.74) is 1.04. The quantitative estimate of drug-likeness (QED) is 0.421. The highest BCUT2D eigenvalue weighted by molar-refractivity contribution is 5.95. The van der Waals surface area contributed by atoms with Crippen molar-refractivity contribution >= 4 is 34.7 Å². The van der Waals surface area contributed by atoms with Crippen molar-refractivity contribution in [3.63, 3.8) is 0 Å². The minimum atomic E-state index is -5.08. The second-order valence-corrected chi connectivity index (χ2v) is 11.7. The molecule has 4 heterocycles. The molecule has 0 aliphatic carbocycles. The number of alkyl halides is 6. The van der Waals surface area contributed by atoms with Gasteiger partial charge in [0.05, 0.1) is 10.9 Å². The molecule has 1 aromatic carbocycles. The molecule has 0 saturated carbocycles. The summed E-state index contributed by atoms with van der Waals surface area (Å²) in [6, 6.07) is 11.7. The normalized spacial score (nSPS) is 21.3. The van der Waals surface area contributed by atoms with Gasteiger partial charge >= 0.3 is 24.3 Å². The van der Waals surface area contributed by atoms with E-state index in [-0.39, 0.29) is 22.6 Å². The number of amides is 2. The van der Waals surface area contributed by atoms with Crippen LogP contribution in [0.2, 0.25) is 0 Å². The molecule has 3 N–H and O–H groups in total. The van der Waals surface area contributed by atoms with Gasteiger partial charge in [0.1, 0.15) is 5.69 Å². The fourth-order valence-electron chi connectivity index (χ4n) is 6.28. The summed E-state index contributed by atoms with van der Waals surface area (Å²) >= 11 is 0. The van der Waals surface area contributed by atoms with E-state index in [4.69, 9.17) is 19.8 Å². The van der Waals surface area contributed by atoms with Gasteiger partial charge in [-0.3, -0.25) is 9.59 Å². The van der Waals surface area contributed by atoms with Gasteiger partial charge in [-0.25, -0.2) is 14.6 Å². The molecule has 0 radical (unpaired) electrons. The zero-order valence-corrected chi connectivity index (χ0v) is 24.5. The van der Waals surface area contributed by atoms with Gasteiger partial charge < -0.3 is 25.3 Å². The number of halogens is 6. The zero-order chi connectivity index (χ0) is 33.8. The monoisotopic (exact) mass is 648 g/mol. The number of para-hydroxylation sites is 1. The number of likely N-dealkylation sites (tertiary alicyclic amines) is 2. The van der Waals surface area contributed by atoms with Crippen LogP contribution in [0.25, 0.3) is 10.9 Å². The lowest BCUT2D eigenvalue weighted by molar-refractivity contribution is -0.193. The van der Waals surface area contributed by atoms with Crippen LogP contribution in [0, 0.1) is 16.7 Å². The first-order chi connectivity index (χ1) is 20.8. The SMILES string of the molecule is CC(C)CN1CC2(CCN(C(=O)c3ccc4ccccc4n3)CC2)C2(CCNC2=O)C1.O=C(O)C(F)(F)F.O=C(O)C(F)(F)F. The van der Waals surface area contributed by atoms with E-state index in [1.807, 2.05) is 41.3 Å². The molecule has 16 heteroatoms. The molecule has 1 atom stereocenters. The molecule has 2 amide bonds. The summed E-state index contributed by atoms with van der Waals surface area (Å²) in [5.74, 6) is -4.70. The molecule has 1 unspecified atom stereocenters. The summed E-state index contributed by atoms with van der Waals surface area (Å²) < 4.78 is 63.5. The van der Waals surface area contributed by atoms with E-state index in [9.17, 15) is 35.9 Å². The van der Waals surface area contributed by atoms with E-state index < -0.39 is 24.3 Å². The number of benzene rings is 1. The van der Waals surface area contributed by atoms with Gasteiger partial charge in [-0.2, -0.15) is 26.3 Å². The van der Waals surface area contributed by atoms with Gasteiger partial charge in [0.15, 0.2) is 0 Å². The molecule has 45 heavy (non-hydrogen) atoms. The van der Waals surface area contributed by atoms with Crippen molar-refractivity contribution in [2.75, 3.05) is 39.3 Å². The van der Waals surface area contributed by atoms with Crippen LogP contribution in [-0.2, 0) is 14.4 Å². The maximum Gasteiger partial charge on any atom is 0.490 e. The number of carboxylic acid groups (broad SMARTS) is 2. The molecule has 3 aliphatic rings. The number of nitrogens with zero attached hydrogens (tertiary/aromatic N) is 3. The Morgan fingerprint density at radius 3 is 1.96 bits per heavy atom. The molecular weight excluding hydrogens is 614 g/mol. The Bertz CT molecular complexity index is 1380. The largest absolute Gasteiger partial charge is 0.490 e. The minimum absolute atomic E-state index is 0.00237. The number of carbonyl (C=O) groups is 4. The topological polar surface area (TPSA) is 140 Å². The molecule has 5 rings (SSSR count). The predicted octanol–water partition coefficient (Wildman–Crippen LogP) is 4.20. The van der Waals surface area contributed by atoms with Crippen molar-refractivity contribution in [3.8, 4) is 0 Å². The Morgan fingerprint density at radius 2 is 1.47 bits per heavy atom. The van der Waals surface area contributed by atoms with Crippen molar-refractivity contribution in [3.05, 3.63) is 42.1 Å².